The lowest BCUT2D eigenvalue weighted by Gasteiger charge is -2.35. The minimum atomic E-state index is -0.168. The number of hydrogen-bond donors (Lipinski definition) is 3. The summed E-state index contributed by atoms with van der Waals surface area (Å²) in [6.45, 7) is 6.97. The maximum absolute atomic E-state index is 9.87. The van der Waals surface area contributed by atoms with Crippen molar-refractivity contribution < 1.29 is 9.84 Å². The van der Waals surface area contributed by atoms with Gasteiger partial charge in [-0.2, -0.15) is 0 Å². The van der Waals surface area contributed by atoms with E-state index in [1.807, 2.05) is 12.1 Å². The second-order valence-electron chi connectivity index (χ2n) is 9.60. The number of nitrogens with zero attached hydrogens (tertiary/aromatic N) is 3. The van der Waals surface area contributed by atoms with Gasteiger partial charge in [0.25, 0.3) is 0 Å². The molecule has 3 N–H and O–H groups in total. The van der Waals surface area contributed by atoms with E-state index in [0.717, 1.165) is 76.8 Å². The zero-order chi connectivity index (χ0) is 23.7. The van der Waals surface area contributed by atoms with E-state index >= 15 is 0 Å². The van der Waals surface area contributed by atoms with Gasteiger partial charge in [0.15, 0.2) is 5.13 Å². The van der Waals surface area contributed by atoms with Crippen LogP contribution >= 0.6 is 27.3 Å². The van der Waals surface area contributed by atoms with Crippen molar-refractivity contribution in [3.63, 3.8) is 0 Å². The van der Waals surface area contributed by atoms with Gasteiger partial charge in [0.2, 0.25) is 0 Å². The molecule has 7 nitrogen and oxygen atoms in total. The molecule has 3 aromatic rings. The highest BCUT2D eigenvalue weighted by atomic mass is 79.9. The Bertz CT molecular complexity index is 1120. The van der Waals surface area contributed by atoms with E-state index in [1.54, 1.807) is 11.3 Å². The van der Waals surface area contributed by atoms with Gasteiger partial charge >= 0.3 is 0 Å². The molecule has 1 saturated carbocycles. The summed E-state index contributed by atoms with van der Waals surface area (Å²) in [6.07, 6.45) is 3.90. The average Bonchev–Trinajstić information content (AvgIpc) is 3.15. The molecular formula is C25H32BrN5O2S. The Morgan fingerprint density at radius 2 is 1.79 bits per heavy atom. The maximum atomic E-state index is 9.87. The molecule has 0 bridgehead atoms. The van der Waals surface area contributed by atoms with Crippen molar-refractivity contribution in [1.29, 1.82) is 0 Å². The van der Waals surface area contributed by atoms with Crippen molar-refractivity contribution in [3.05, 3.63) is 40.4 Å². The van der Waals surface area contributed by atoms with E-state index in [1.165, 1.54) is 5.56 Å². The number of ether oxygens (including phenoxy) is 1. The van der Waals surface area contributed by atoms with Gasteiger partial charge < -0.3 is 20.5 Å². The molecule has 2 fully saturated rings. The van der Waals surface area contributed by atoms with Crippen LogP contribution in [0.3, 0.4) is 0 Å². The summed E-state index contributed by atoms with van der Waals surface area (Å²) in [5.41, 5.74) is 2.18. The van der Waals surface area contributed by atoms with Crippen LogP contribution in [0, 0.1) is 0 Å². The van der Waals surface area contributed by atoms with E-state index in [-0.39, 0.29) is 18.3 Å². The zero-order valence-corrected chi connectivity index (χ0v) is 22.0. The first kappa shape index (κ1) is 23.9. The molecule has 9 heteroatoms. The number of rotatable bonds is 6. The first-order valence-electron chi connectivity index (χ1n) is 12.1. The number of morpholine rings is 1. The van der Waals surface area contributed by atoms with Crippen molar-refractivity contribution >= 4 is 54.3 Å². The van der Waals surface area contributed by atoms with Crippen LogP contribution in [-0.2, 0) is 11.3 Å². The monoisotopic (exact) mass is 545 g/mol. The fourth-order valence-corrected chi connectivity index (χ4v) is 6.40. The number of hydrogen-bond acceptors (Lipinski definition) is 8. The van der Waals surface area contributed by atoms with Gasteiger partial charge in [-0.1, -0.05) is 27.3 Å². The Balaban J connectivity index is 1.38. The molecule has 1 aliphatic heterocycles. The molecule has 1 aliphatic carbocycles. The SMILES string of the molecule is C[C@@H]1CN(Cc2cc(Nc3nc4ccc(Br)cc4s3)nc(N[C@H]3CC[C@H](O)CC3)c2)C[C@H](C)O1. The van der Waals surface area contributed by atoms with Crippen LogP contribution in [-0.4, -0.2) is 57.4 Å². The Morgan fingerprint density at radius 1 is 1.06 bits per heavy atom. The summed E-state index contributed by atoms with van der Waals surface area (Å²) in [5, 5.41) is 17.8. The molecular weight excluding hydrogens is 514 g/mol. The molecule has 0 radical (unpaired) electrons. The zero-order valence-electron chi connectivity index (χ0n) is 19.6. The summed E-state index contributed by atoms with van der Waals surface area (Å²) < 4.78 is 8.10. The first-order chi connectivity index (χ1) is 16.4. The van der Waals surface area contributed by atoms with Crippen molar-refractivity contribution in [2.45, 2.75) is 70.4 Å². The number of benzene rings is 1. The molecule has 5 rings (SSSR count). The summed E-state index contributed by atoms with van der Waals surface area (Å²) in [6, 6.07) is 10.8. The molecule has 2 aromatic heterocycles. The number of pyridine rings is 1. The minimum Gasteiger partial charge on any atom is -0.393 e. The molecule has 182 valence electrons. The lowest BCUT2D eigenvalue weighted by atomic mass is 9.93. The second kappa shape index (κ2) is 10.5. The number of thiazole rings is 1. The Labute approximate surface area is 213 Å². The predicted octanol–water partition coefficient (Wildman–Crippen LogP) is 5.52. The van der Waals surface area contributed by atoms with Crippen LogP contribution in [0.4, 0.5) is 16.8 Å². The number of fused-ring (bicyclic) bond motifs is 1. The quantitative estimate of drug-likeness (QED) is 0.376. The number of halogens is 1. The third-order valence-electron chi connectivity index (χ3n) is 6.42. The maximum Gasteiger partial charge on any atom is 0.189 e. The van der Waals surface area contributed by atoms with Crippen LogP contribution < -0.4 is 10.6 Å². The van der Waals surface area contributed by atoms with Crippen LogP contribution in [0.15, 0.2) is 34.8 Å². The van der Waals surface area contributed by atoms with Crippen molar-refractivity contribution in [1.82, 2.24) is 14.9 Å². The Hall–Kier alpha value is -1.78. The highest BCUT2D eigenvalue weighted by molar-refractivity contribution is 9.10. The molecule has 0 amide bonds. The topological polar surface area (TPSA) is 82.5 Å². The number of aromatic nitrogens is 2. The number of anilines is 3. The number of aliphatic hydroxyl groups is 1. The summed E-state index contributed by atoms with van der Waals surface area (Å²) in [5.74, 6) is 1.67. The standard InChI is InChI=1S/C25H32BrN5O2S/c1-15-12-31(13-16(2)33-15)14-17-9-23(27-19-4-6-20(32)7-5-19)29-24(10-17)30-25-28-21-8-3-18(26)11-22(21)34-25/h3,8-11,15-16,19-20,32H,4-7,12-14H2,1-2H3,(H2,27,28,29,30)/t15-,16+,19-,20-. The van der Waals surface area contributed by atoms with Gasteiger partial charge in [0, 0.05) is 30.1 Å². The van der Waals surface area contributed by atoms with E-state index in [4.69, 9.17) is 14.7 Å². The Kier molecular flexibility index (Phi) is 7.36. The molecule has 3 heterocycles. The van der Waals surface area contributed by atoms with Gasteiger partial charge in [0.05, 0.1) is 28.5 Å². The van der Waals surface area contributed by atoms with E-state index in [9.17, 15) is 5.11 Å². The fraction of sp³-hybridized carbons (Fsp3) is 0.520. The lowest BCUT2D eigenvalue weighted by molar-refractivity contribution is -0.0704. The van der Waals surface area contributed by atoms with Gasteiger partial charge in [-0.15, -0.1) is 0 Å². The summed E-state index contributed by atoms with van der Waals surface area (Å²) in [7, 11) is 0. The first-order valence-corrected chi connectivity index (χ1v) is 13.7. The van der Waals surface area contributed by atoms with Crippen molar-refractivity contribution in [3.8, 4) is 0 Å². The largest absolute Gasteiger partial charge is 0.393 e. The highest BCUT2D eigenvalue weighted by Gasteiger charge is 2.23. The van der Waals surface area contributed by atoms with Crippen molar-refractivity contribution in [2.24, 2.45) is 0 Å². The molecule has 1 saturated heterocycles. The second-order valence-corrected chi connectivity index (χ2v) is 11.5. The van der Waals surface area contributed by atoms with Crippen LogP contribution in [0.25, 0.3) is 10.2 Å². The van der Waals surface area contributed by atoms with Crippen LogP contribution in [0.2, 0.25) is 0 Å². The smallest absolute Gasteiger partial charge is 0.189 e. The van der Waals surface area contributed by atoms with E-state index in [0.29, 0.717) is 6.04 Å². The normalized spacial score (nSPS) is 26.0. The van der Waals surface area contributed by atoms with Crippen molar-refractivity contribution in [2.75, 3.05) is 23.7 Å². The molecule has 2 aliphatic rings. The average molecular weight is 547 g/mol. The predicted molar refractivity (Wildman–Crippen MR) is 142 cm³/mol. The third-order valence-corrected chi connectivity index (χ3v) is 7.85. The van der Waals surface area contributed by atoms with Crippen LogP contribution in [0.1, 0.15) is 45.1 Å². The van der Waals surface area contributed by atoms with Crippen LogP contribution in [0.5, 0.6) is 0 Å². The molecule has 2 atom stereocenters. The minimum absolute atomic E-state index is 0.168. The Morgan fingerprint density at radius 3 is 2.56 bits per heavy atom. The third kappa shape index (κ3) is 6.07. The highest BCUT2D eigenvalue weighted by Crippen LogP contribution is 2.31. The summed E-state index contributed by atoms with van der Waals surface area (Å²) in [4.78, 5) is 12.1. The van der Waals surface area contributed by atoms with E-state index < -0.39 is 0 Å². The number of aliphatic hydroxyl groups excluding tert-OH is 1. The van der Waals surface area contributed by atoms with E-state index in [2.05, 4.69) is 63.5 Å². The van der Waals surface area contributed by atoms with Gasteiger partial charge in [-0.3, -0.25) is 4.90 Å². The lowest BCUT2D eigenvalue weighted by Crippen LogP contribution is -2.44. The van der Waals surface area contributed by atoms with Gasteiger partial charge in [-0.05, 0) is 75.4 Å². The van der Waals surface area contributed by atoms with Gasteiger partial charge in [0.1, 0.15) is 11.6 Å². The molecule has 34 heavy (non-hydrogen) atoms. The number of nitrogens with one attached hydrogen (secondary N) is 2. The molecule has 1 aromatic carbocycles. The molecule has 0 unspecified atom stereocenters. The molecule has 0 spiro atoms. The fourth-order valence-electron chi connectivity index (χ4n) is 4.98. The summed E-state index contributed by atoms with van der Waals surface area (Å²) >= 11 is 5.17. The van der Waals surface area contributed by atoms with Gasteiger partial charge in [-0.25, -0.2) is 9.97 Å².